The molecular weight excluding hydrogens is 291 g/mol. The highest BCUT2D eigenvalue weighted by Crippen LogP contribution is 2.20. The van der Waals surface area contributed by atoms with E-state index in [0.29, 0.717) is 0 Å². The molecule has 108 valence electrons. The van der Waals surface area contributed by atoms with Gasteiger partial charge in [-0.1, -0.05) is 17.9 Å². The largest absolute Gasteiger partial charge is 0.507 e. The van der Waals surface area contributed by atoms with Gasteiger partial charge in [-0.15, -0.1) is 11.3 Å². The molecule has 0 aliphatic rings. The second-order valence-electron chi connectivity index (χ2n) is 4.09. The van der Waals surface area contributed by atoms with Crippen molar-refractivity contribution in [3.63, 3.8) is 0 Å². The minimum atomic E-state index is -0.756. The van der Waals surface area contributed by atoms with Gasteiger partial charge in [0, 0.05) is 4.88 Å². The Morgan fingerprint density at radius 3 is 2.90 bits per heavy atom. The van der Waals surface area contributed by atoms with Crippen molar-refractivity contribution in [1.29, 1.82) is 0 Å². The molecule has 2 aromatic rings. The lowest BCUT2D eigenvalue weighted by molar-refractivity contribution is 0.0944. The Hall–Kier alpha value is -2.36. The van der Waals surface area contributed by atoms with Gasteiger partial charge in [-0.2, -0.15) is 0 Å². The summed E-state index contributed by atoms with van der Waals surface area (Å²) < 4.78 is 13.5. The maximum absolute atomic E-state index is 13.5. The molecule has 6 heteroatoms. The lowest BCUT2D eigenvalue weighted by Crippen LogP contribution is -2.23. The van der Waals surface area contributed by atoms with E-state index < -0.39 is 11.7 Å². The number of phenols is 1. The van der Waals surface area contributed by atoms with Gasteiger partial charge in [0.05, 0.1) is 18.0 Å². The first-order chi connectivity index (χ1) is 10.1. The number of benzene rings is 1. The normalized spacial score (nSPS) is 9.81. The van der Waals surface area contributed by atoms with Crippen LogP contribution >= 0.6 is 11.3 Å². The van der Waals surface area contributed by atoms with E-state index in [2.05, 4.69) is 17.2 Å². The zero-order valence-electron chi connectivity index (χ0n) is 11.0. The van der Waals surface area contributed by atoms with Gasteiger partial charge in [0.1, 0.15) is 17.1 Å². The van der Waals surface area contributed by atoms with Crippen molar-refractivity contribution in [2.45, 2.75) is 6.54 Å². The van der Waals surface area contributed by atoms with Gasteiger partial charge in [0.2, 0.25) is 0 Å². The predicted octanol–water partition coefficient (Wildman–Crippen LogP) is 1.83. The molecule has 0 aliphatic heterocycles. The zero-order valence-corrected chi connectivity index (χ0v) is 11.8. The fourth-order valence-corrected chi connectivity index (χ4v) is 2.49. The summed E-state index contributed by atoms with van der Waals surface area (Å²) in [6.07, 6.45) is 0. The minimum Gasteiger partial charge on any atom is -0.507 e. The lowest BCUT2D eigenvalue weighted by atomic mass is 10.1. The fourth-order valence-electron chi connectivity index (χ4n) is 1.67. The molecule has 0 saturated carbocycles. The minimum absolute atomic E-state index is 0.238. The maximum atomic E-state index is 13.5. The van der Waals surface area contributed by atoms with Crippen LogP contribution < -0.4 is 11.1 Å². The predicted molar refractivity (Wildman–Crippen MR) is 79.5 cm³/mol. The number of carbonyl (C=O) groups excluding carboxylic acids is 1. The Morgan fingerprint density at radius 1 is 1.38 bits per heavy atom. The van der Waals surface area contributed by atoms with Gasteiger partial charge in [-0.25, -0.2) is 4.39 Å². The molecule has 21 heavy (non-hydrogen) atoms. The fraction of sp³-hybridized carbons (Fsp3) is 0.133. The average molecular weight is 304 g/mol. The van der Waals surface area contributed by atoms with Crippen molar-refractivity contribution < 1.29 is 14.3 Å². The monoisotopic (exact) mass is 304 g/mol. The summed E-state index contributed by atoms with van der Waals surface area (Å²) in [7, 11) is 0. The summed E-state index contributed by atoms with van der Waals surface area (Å²) in [5.74, 6) is 3.84. The number of nitrogens with two attached hydrogens (primary N) is 1. The number of hydrogen-bond donors (Lipinski definition) is 3. The van der Waals surface area contributed by atoms with E-state index in [0.717, 1.165) is 15.8 Å². The number of carbonyl (C=O) groups is 1. The molecule has 1 heterocycles. The molecule has 0 atom stereocenters. The first kappa shape index (κ1) is 15.0. The van der Waals surface area contributed by atoms with Gasteiger partial charge in [0.15, 0.2) is 0 Å². The number of thiophene rings is 1. The SMILES string of the molecule is NCC#Cc1ccc(CNC(=O)c2c(O)cccc2F)s1. The van der Waals surface area contributed by atoms with Crippen LogP contribution in [0.4, 0.5) is 4.39 Å². The Kier molecular flexibility index (Phi) is 4.93. The van der Waals surface area contributed by atoms with E-state index in [-0.39, 0.29) is 24.4 Å². The zero-order chi connectivity index (χ0) is 15.2. The number of nitrogens with one attached hydrogen (secondary N) is 1. The maximum Gasteiger partial charge on any atom is 0.258 e. The van der Waals surface area contributed by atoms with E-state index in [9.17, 15) is 14.3 Å². The van der Waals surface area contributed by atoms with Crippen molar-refractivity contribution in [2.75, 3.05) is 6.54 Å². The number of halogens is 1. The topological polar surface area (TPSA) is 75.3 Å². The Labute approximate surface area is 125 Å². The van der Waals surface area contributed by atoms with E-state index in [1.807, 2.05) is 12.1 Å². The Bertz CT molecular complexity index is 696. The standard InChI is InChI=1S/C15H13FN2O2S/c16-12-4-1-5-13(19)14(12)15(20)18-9-11-7-6-10(21-11)3-2-8-17/h1,4-7,19H,8-9,17H2,(H,18,20). The van der Waals surface area contributed by atoms with E-state index in [4.69, 9.17) is 5.73 Å². The van der Waals surface area contributed by atoms with Crippen molar-refractivity contribution in [3.8, 4) is 17.6 Å². The van der Waals surface area contributed by atoms with Crippen LogP contribution in [-0.2, 0) is 6.54 Å². The van der Waals surface area contributed by atoms with Crippen LogP contribution in [0.15, 0.2) is 30.3 Å². The highest BCUT2D eigenvalue weighted by atomic mass is 32.1. The smallest absolute Gasteiger partial charge is 0.258 e. The summed E-state index contributed by atoms with van der Waals surface area (Å²) in [6.45, 7) is 0.526. The summed E-state index contributed by atoms with van der Waals surface area (Å²) >= 11 is 1.42. The molecular formula is C15H13FN2O2S. The van der Waals surface area contributed by atoms with Gasteiger partial charge < -0.3 is 16.2 Å². The first-order valence-corrected chi connectivity index (χ1v) is 6.97. The molecule has 1 amide bonds. The van der Waals surface area contributed by atoms with E-state index in [1.165, 1.54) is 23.5 Å². The van der Waals surface area contributed by atoms with E-state index >= 15 is 0 Å². The second kappa shape index (κ2) is 6.88. The average Bonchev–Trinajstić information content (AvgIpc) is 2.90. The number of rotatable bonds is 3. The number of phenolic OH excluding ortho intramolecular Hbond substituents is 1. The molecule has 0 bridgehead atoms. The van der Waals surface area contributed by atoms with Crippen LogP contribution in [0.5, 0.6) is 5.75 Å². The molecule has 0 spiro atoms. The Morgan fingerprint density at radius 2 is 2.19 bits per heavy atom. The molecule has 0 aliphatic carbocycles. The van der Waals surface area contributed by atoms with Crippen LogP contribution in [0.1, 0.15) is 20.1 Å². The van der Waals surface area contributed by atoms with E-state index in [1.54, 1.807) is 0 Å². The third kappa shape index (κ3) is 3.81. The lowest BCUT2D eigenvalue weighted by Gasteiger charge is -2.06. The summed E-state index contributed by atoms with van der Waals surface area (Å²) in [5, 5.41) is 12.1. The van der Waals surface area contributed by atoms with Crippen LogP contribution in [0.25, 0.3) is 0 Å². The summed E-state index contributed by atoms with van der Waals surface area (Å²) in [5.41, 5.74) is 4.94. The van der Waals surface area contributed by atoms with Gasteiger partial charge in [-0.3, -0.25) is 4.79 Å². The number of aromatic hydroxyl groups is 1. The first-order valence-electron chi connectivity index (χ1n) is 6.15. The molecule has 0 saturated heterocycles. The highest BCUT2D eigenvalue weighted by Gasteiger charge is 2.16. The number of amides is 1. The summed E-state index contributed by atoms with van der Waals surface area (Å²) in [4.78, 5) is 13.6. The van der Waals surface area contributed by atoms with Crippen molar-refractivity contribution in [1.82, 2.24) is 5.32 Å². The molecule has 1 aromatic heterocycles. The van der Waals surface area contributed by atoms with Crippen LogP contribution in [0, 0.1) is 17.7 Å². The molecule has 1 aromatic carbocycles. The van der Waals surface area contributed by atoms with Crippen LogP contribution in [0.3, 0.4) is 0 Å². The molecule has 0 unspecified atom stereocenters. The van der Waals surface area contributed by atoms with Crippen molar-refractivity contribution in [2.24, 2.45) is 5.73 Å². The second-order valence-corrected chi connectivity index (χ2v) is 5.26. The van der Waals surface area contributed by atoms with Crippen molar-refractivity contribution >= 4 is 17.2 Å². The van der Waals surface area contributed by atoms with Crippen LogP contribution in [-0.4, -0.2) is 17.6 Å². The quantitative estimate of drug-likeness (QED) is 0.757. The third-order valence-corrected chi connectivity index (χ3v) is 3.62. The van der Waals surface area contributed by atoms with Crippen LogP contribution in [0.2, 0.25) is 0 Å². The molecule has 4 nitrogen and oxygen atoms in total. The third-order valence-electron chi connectivity index (χ3n) is 2.62. The Balaban J connectivity index is 2.03. The molecule has 4 N–H and O–H groups in total. The molecule has 2 rings (SSSR count). The number of hydrogen-bond acceptors (Lipinski definition) is 4. The highest BCUT2D eigenvalue weighted by molar-refractivity contribution is 7.12. The molecule has 0 radical (unpaired) electrons. The summed E-state index contributed by atoms with van der Waals surface area (Å²) in [6, 6.07) is 7.38. The van der Waals surface area contributed by atoms with Crippen molar-refractivity contribution in [3.05, 3.63) is 51.5 Å². The van der Waals surface area contributed by atoms with Gasteiger partial charge >= 0.3 is 0 Å². The molecule has 0 fully saturated rings. The van der Waals surface area contributed by atoms with Gasteiger partial charge in [-0.05, 0) is 24.3 Å². The van der Waals surface area contributed by atoms with Gasteiger partial charge in [0.25, 0.3) is 5.91 Å².